The number of nitrogens with one attached hydrogen (secondary N) is 1. The highest BCUT2D eigenvalue weighted by atomic mass is 16.5. The van der Waals surface area contributed by atoms with Crippen LogP contribution in [0.2, 0.25) is 0 Å². The van der Waals surface area contributed by atoms with Crippen molar-refractivity contribution in [3.8, 4) is 5.75 Å². The van der Waals surface area contributed by atoms with Crippen LogP contribution in [0.5, 0.6) is 5.75 Å². The highest BCUT2D eigenvalue weighted by molar-refractivity contribution is 5.73. The zero-order chi connectivity index (χ0) is 13.7. The largest absolute Gasteiger partial charge is 0.493 e. The minimum atomic E-state index is -0.154. The van der Waals surface area contributed by atoms with E-state index in [-0.39, 0.29) is 12.6 Å². The molecule has 1 heterocycles. The van der Waals surface area contributed by atoms with Gasteiger partial charge in [0.25, 0.3) is 0 Å². The Hall–Kier alpha value is -1.75. The first-order chi connectivity index (χ1) is 9.20. The fourth-order valence-corrected chi connectivity index (χ4v) is 2.10. The van der Waals surface area contributed by atoms with E-state index in [1.807, 2.05) is 12.1 Å². The molecule has 0 aromatic heterocycles. The average molecular weight is 264 g/mol. The molecule has 1 aliphatic heterocycles. The zero-order valence-corrected chi connectivity index (χ0v) is 11.2. The summed E-state index contributed by atoms with van der Waals surface area (Å²) in [6.45, 7) is 1.69. The second kappa shape index (κ2) is 6.43. The van der Waals surface area contributed by atoms with Gasteiger partial charge in [0.1, 0.15) is 5.75 Å². The van der Waals surface area contributed by atoms with Gasteiger partial charge in [-0.15, -0.1) is 0 Å². The number of hydrogen-bond acceptors (Lipinski definition) is 3. The van der Waals surface area contributed by atoms with E-state index >= 15 is 0 Å². The quantitative estimate of drug-likeness (QED) is 0.827. The molecule has 2 rings (SSSR count). The van der Waals surface area contributed by atoms with Crippen LogP contribution in [0.3, 0.4) is 0 Å². The van der Waals surface area contributed by atoms with E-state index in [4.69, 9.17) is 9.84 Å². The van der Waals surface area contributed by atoms with E-state index in [9.17, 15) is 4.79 Å². The van der Waals surface area contributed by atoms with Crippen LogP contribution < -0.4 is 10.1 Å². The number of urea groups is 1. The van der Waals surface area contributed by atoms with E-state index in [1.165, 1.54) is 16.0 Å². The molecule has 0 saturated heterocycles. The number of hydrogen-bond donors (Lipinski definition) is 2. The first-order valence-corrected chi connectivity index (χ1v) is 6.55. The first-order valence-electron chi connectivity index (χ1n) is 6.55. The Morgan fingerprint density at radius 3 is 3.16 bits per heavy atom. The number of nitrogens with zero attached hydrogens (tertiary/aromatic N) is 1. The summed E-state index contributed by atoms with van der Waals surface area (Å²) in [6, 6.07) is 6.02. The van der Waals surface area contributed by atoms with Crippen molar-refractivity contribution in [2.24, 2.45) is 0 Å². The Labute approximate surface area is 113 Å². The van der Waals surface area contributed by atoms with Crippen LogP contribution in [0.1, 0.15) is 11.1 Å². The molecular weight excluding hydrogens is 244 g/mol. The Morgan fingerprint density at radius 1 is 1.53 bits per heavy atom. The number of ether oxygens (including phenoxy) is 1. The molecule has 1 aliphatic rings. The third-order valence-corrected chi connectivity index (χ3v) is 3.23. The summed E-state index contributed by atoms with van der Waals surface area (Å²) in [5.74, 6) is 0.982. The maximum atomic E-state index is 11.6. The molecule has 5 heteroatoms. The van der Waals surface area contributed by atoms with Crippen molar-refractivity contribution in [3.05, 3.63) is 29.3 Å². The molecule has 0 spiro atoms. The molecule has 0 radical (unpaired) electrons. The molecule has 104 valence electrons. The molecular formula is C14H20N2O3. The number of benzene rings is 1. The van der Waals surface area contributed by atoms with Gasteiger partial charge in [-0.2, -0.15) is 0 Å². The Kier molecular flexibility index (Phi) is 4.63. The fourth-order valence-electron chi connectivity index (χ4n) is 2.10. The number of amides is 2. The van der Waals surface area contributed by atoms with Crippen molar-refractivity contribution in [2.45, 2.75) is 12.8 Å². The Bertz CT molecular complexity index is 448. The summed E-state index contributed by atoms with van der Waals surface area (Å²) in [4.78, 5) is 13.1. The van der Waals surface area contributed by atoms with Crippen molar-refractivity contribution in [1.29, 1.82) is 0 Å². The van der Waals surface area contributed by atoms with Crippen molar-refractivity contribution in [1.82, 2.24) is 10.2 Å². The van der Waals surface area contributed by atoms with Crippen LogP contribution >= 0.6 is 0 Å². The highest BCUT2D eigenvalue weighted by Gasteiger charge is 2.12. The predicted molar refractivity (Wildman–Crippen MR) is 72.5 cm³/mol. The average Bonchev–Trinajstić information content (AvgIpc) is 2.86. The molecule has 0 atom stereocenters. The number of likely N-dealkylation sites (N-methyl/N-ethyl adjacent to an activating group) is 1. The van der Waals surface area contributed by atoms with Crippen molar-refractivity contribution >= 4 is 6.03 Å². The Balaban J connectivity index is 1.78. The molecule has 0 saturated carbocycles. The van der Waals surface area contributed by atoms with E-state index in [0.717, 1.165) is 25.2 Å². The van der Waals surface area contributed by atoms with Gasteiger partial charge in [0.05, 0.1) is 13.2 Å². The van der Waals surface area contributed by atoms with Crippen LogP contribution in [-0.2, 0) is 12.8 Å². The lowest BCUT2D eigenvalue weighted by Gasteiger charge is -2.16. The molecule has 19 heavy (non-hydrogen) atoms. The molecule has 2 amide bonds. The molecule has 0 unspecified atom stereocenters. The van der Waals surface area contributed by atoms with Gasteiger partial charge in [-0.1, -0.05) is 12.1 Å². The summed E-state index contributed by atoms with van der Waals surface area (Å²) < 4.78 is 5.45. The van der Waals surface area contributed by atoms with Gasteiger partial charge in [-0.05, 0) is 23.6 Å². The molecule has 0 aliphatic carbocycles. The molecule has 2 N–H and O–H groups in total. The van der Waals surface area contributed by atoms with Gasteiger partial charge in [-0.3, -0.25) is 0 Å². The number of aliphatic hydroxyl groups is 1. The van der Waals surface area contributed by atoms with Crippen LogP contribution in [0, 0.1) is 0 Å². The summed E-state index contributed by atoms with van der Waals surface area (Å²) in [6.07, 6.45) is 1.76. The lowest BCUT2D eigenvalue weighted by molar-refractivity contribution is 0.190. The first kappa shape index (κ1) is 13.7. The Morgan fingerprint density at radius 2 is 2.37 bits per heavy atom. The SMILES string of the molecule is CN(CCO)C(=O)NCCc1ccc2c(c1)CCO2. The minimum absolute atomic E-state index is 0.0191. The number of fused-ring (bicyclic) bond motifs is 1. The summed E-state index contributed by atoms with van der Waals surface area (Å²) in [5, 5.41) is 11.6. The standard InChI is InChI=1S/C14H20N2O3/c1-16(7-8-17)14(18)15-6-4-11-2-3-13-12(10-11)5-9-19-13/h2-3,10,17H,4-9H2,1H3,(H,15,18). The van der Waals surface area contributed by atoms with E-state index in [2.05, 4.69) is 11.4 Å². The zero-order valence-electron chi connectivity index (χ0n) is 11.2. The predicted octanol–water partition coefficient (Wildman–Crippen LogP) is 0.798. The van der Waals surface area contributed by atoms with Crippen LogP contribution in [0.4, 0.5) is 4.79 Å². The van der Waals surface area contributed by atoms with E-state index < -0.39 is 0 Å². The van der Waals surface area contributed by atoms with Crippen molar-refractivity contribution in [2.75, 3.05) is 33.4 Å². The van der Waals surface area contributed by atoms with Gasteiger partial charge >= 0.3 is 6.03 Å². The summed E-state index contributed by atoms with van der Waals surface area (Å²) >= 11 is 0. The van der Waals surface area contributed by atoms with Gasteiger partial charge < -0.3 is 20.1 Å². The van der Waals surface area contributed by atoms with Gasteiger partial charge in [0, 0.05) is 26.6 Å². The van der Waals surface area contributed by atoms with Crippen molar-refractivity contribution < 1.29 is 14.6 Å². The van der Waals surface area contributed by atoms with Gasteiger partial charge in [-0.25, -0.2) is 4.79 Å². The maximum absolute atomic E-state index is 11.6. The minimum Gasteiger partial charge on any atom is -0.493 e. The number of aliphatic hydroxyl groups excluding tert-OH is 1. The van der Waals surface area contributed by atoms with Gasteiger partial charge in [0.2, 0.25) is 0 Å². The summed E-state index contributed by atoms with van der Waals surface area (Å²) in [7, 11) is 1.66. The number of carbonyl (C=O) groups is 1. The van der Waals surface area contributed by atoms with E-state index in [0.29, 0.717) is 13.1 Å². The van der Waals surface area contributed by atoms with Crippen LogP contribution in [0.15, 0.2) is 18.2 Å². The summed E-state index contributed by atoms with van der Waals surface area (Å²) in [5.41, 5.74) is 2.45. The smallest absolute Gasteiger partial charge is 0.317 e. The lowest BCUT2D eigenvalue weighted by atomic mass is 10.1. The lowest BCUT2D eigenvalue weighted by Crippen LogP contribution is -2.39. The number of rotatable bonds is 5. The second-order valence-corrected chi connectivity index (χ2v) is 4.67. The van der Waals surface area contributed by atoms with E-state index in [1.54, 1.807) is 7.05 Å². The normalized spacial score (nSPS) is 12.7. The fraction of sp³-hybridized carbons (Fsp3) is 0.500. The third kappa shape index (κ3) is 3.61. The van der Waals surface area contributed by atoms with Crippen molar-refractivity contribution in [3.63, 3.8) is 0 Å². The molecule has 1 aromatic rings. The van der Waals surface area contributed by atoms with Gasteiger partial charge in [0.15, 0.2) is 0 Å². The van der Waals surface area contributed by atoms with Crippen LogP contribution in [-0.4, -0.2) is 49.4 Å². The highest BCUT2D eigenvalue weighted by Crippen LogP contribution is 2.25. The molecule has 0 fully saturated rings. The maximum Gasteiger partial charge on any atom is 0.317 e. The number of carbonyl (C=O) groups excluding carboxylic acids is 1. The monoisotopic (exact) mass is 264 g/mol. The molecule has 0 bridgehead atoms. The second-order valence-electron chi connectivity index (χ2n) is 4.67. The molecule has 5 nitrogen and oxygen atoms in total. The molecule has 1 aromatic carbocycles. The third-order valence-electron chi connectivity index (χ3n) is 3.23. The topological polar surface area (TPSA) is 61.8 Å². The van der Waals surface area contributed by atoms with Crippen LogP contribution in [0.25, 0.3) is 0 Å².